The number of fused-ring (bicyclic) bond motifs is 2. The third kappa shape index (κ3) is 3.86. The smallest absolute Gasteiger partial charge is 0.260 e. The molecule has 0 amide bonds. The predicted octanol–water partition coefficient (Wildman–Crippen LogP) is 1.90. The zero-order valence-electron chi connectivity index (χ0n) is 20.9. The van der Waals surface area contributed by atoms with Crippen molar-refractivity contribution in [3.63, 3.8) is 0 Å². The van der Waals surface area contributed by atoms with E-state index in [4.69, 9.17) is 11.6 Å². The van der Waals surface area contributed by atoms with Crippen LogP contribution in [-0.4, -0.2) is 49.0 Å². The van der Waals surface area contributed by atoms with Crippen LogP contribution < -0.4 is 22.5 Å². The Morgan fingerprint density at radius 1 is 1.33 bits per heavy atom. The number of hydrazone groups is 1. The standard InChI is InChI=1S/C25H31N9O2/c1-13-9-17(15(3)30-20-6-5-14(2)29-22(20)23(26)31-32(4)27)21-18(10-13)25(36)33-8-7-16(12-35)34-24(33)19(21)11-28-34/h5-6,9-11,15-16,30,35H,7-8,12,27H2,1-4H3,(H2,26,31). The number of hydrogen-bond donors (Lipinski definition) is 4. The molecule has 0 saturated heterocycles. The number of nitrogens with zero attached hydrogens (tertiary/aromatic N) is 6. The van der Waals surface area contributed by atoms with Crippen molar-refractivity contribution in [3.05, 3.63) is 63.3 Å². The summed E-state index contributed by atoms with van der Waals surface area (Å²) < 4.78 is 3.56. The number of anilines is 1. The van der Waals surface area contributed by atoms with E-state index in [-0.39, 0.29) is 30.1 Å². The first-order valence-corrected chi connectivity index (χ1v) is 11.9. The molecule has 11 nitrogen and oxygen atoms in total. The van der Waals surface area contributed by atoms with E-state index in [9.17, 15) is 9.90 Å². The molecule has 11 heteroatoms. The van der Waals surface area contributed by atoms with Gasteiger partial charge in [-0.25, -0.2) is 20.6 Å². The van der Waals surface area contributed by atoms with Gasteiger partial charge in [0.1, 0.15) is 11.3 Å². The van der Waals surface area contributed by atoms with Crippen LogP contribution in [0.3, 0.4) is 0 Å². The Labute approximate surface area is 208 Å². The number of pyridine rings is 2. The molecule has 0 saturated carbocycles. The molecule has 2 atom stereocenters. The molecule has 4 heterocycles. The quantitative estimate of drug-likeness (QED) is 0.139. The van der Waals surface area contributed by atoms with Crippen molar-refractivity contribution in [1.29, 1.82) is 0 Å². The number of nitrogens with one attached hydrogen (secondary N) is 1. The lowest BCUT2D eigenvalue weighted by molar-refractivity contribution is 0.200. The summed E-state index contributed by atoms with van der Waals surface area (Å²) in [5, 5.41) is 25.6. The molecule has 6 N–H and O–H groups in total. The number of rotatable bonds is 6. The SMILES string of the molecule is Cc1cc(C(C)Nc2ccc(C)nc2/C(N)=N/N(C)N)c2c(c1)c(=O)n1c3c2cnn3C(CO)CC1. The van der Waals surface area contributed by atoms with Crippen LogP contribution >= 0.6 is 0 Å². The van der Waals surface area contributed by atoms with E-state index in [1.165, 1.54) is 0 Å². The first-order chi connectivity index (χ1) is 17.2. The second-order valence-electron chi connectivity index (χ2n) is 9.46. The van der Waals surface area contributed by atoms with Gasteiger partial charge in [0.2, 0.25) is 0 Å². The van der Waals surface area contributed by atoms with Gasteiger partial charge >= 0.3 is 0 Å². The number of nitrogens with two attached hydrogens (primary N) is 2. The van der Waals surface area contributed by atoms with Crippen LogP contribution in [0.4, 0.5) is 5.69 Å². The fourth-order valence-electron chi connectivity index (χ4n) is 5.11. The number of aryl methyl sites for hydroxylation is 3. The molecule has 0 bridgehead atoms. The second kappa shape index (κ2) is 8.92. The van der Waals surface area contributed by atoms with E-state index in [1.807, 2.05) is 39.0 Å². The van der Waals surface area contributed by atoms with Crippen molar-refractivity contribution in [1.82, 2.24) is 24.4 Å². The summed E-state index contributed by atoms with van der Waals surface area (Å²) in [6.45, 7) is 6.43. The number of hydrazine groups is 1. The van der Waals surface area contributed by atoms with Gasteiger partial charge in [-0.1, -0.05) is 6.07 Å². The van der Waals surface area contributed by atoms with Crippen LogP contribution in [0.15, 0.2) is 40.4 Å². The Hall–Kier alpha value is -3.96. The molecule has 3 aromatic heterocycles. The van der Waals surface area contributed by atoms with E-state index < -0.39 is 0 Å². The lowest BCUT2D eigenvalue weighted by Gasteiger charge is -2.25. The molecule has 0 spiro atoms. The number of aromatic nitrogens is 4. The minimum Gasteiger partial charge on any atom is -0.394 e. The monoisotopic (exact) mass is 489 g/mol. The van der Waals surface area contributed by atoms with Gasteiger partial charge in [0.15, 0.2) is 5.84 Å². The lowest BCUT2D eigenvalue weighted by atomic mass is 9.95. The fraction of sp³-hybridized carbons (Fsp3) is 0.360. The van der Waals surface area contributed by atoms with Gasteiger partial charge in [-0.05, 0) is 56.5 Å². The molecule has 4 aromatic rings. The van der Waals surface area contributed by atoms with Gasteiger partial charge in [-0.15, -0.1) is 5.10 Å². The van der Waals surface area contributed by atoms with Crippen LogP contribution in [0, 0.1) is 13.8 Å². The maximum atomic E-state index is 13.6. The molecule has 36 heavy (non-hydrogen) atoms. The molecule has 0 radical (unpaired) electrons. The van der Waals surface area contributed by atoms with E-state index >= 15 is 0 Å². The average molecular weight is 490 g/mol. The molecular weight excluding hydrogens is 458 g/mol. The second-order valence-corrected chi connectivity index (χ2v) is 9.46. The normalized spacial score (nSPS) is 16.5. The number of amidine groups is 1. The highest BCUT2D eigenvalue weighted by molar-refractivity contribution is 6.07. The third-order valence-corrected chi connectivity index (χ3v) is 6.71. The minimum absolute atomic E-state index is 0.0219. The van der Waals surface area contributed by atoms with Crippen LogP contribution in [0.25, 0.3) is 21.8 Å². The first-order valence-electron chi connectivity index (χ1n) is 11.9. The van der Waals surface area contributed by atoms with E-state index in [1.54, 1.807) is 22.5 Å². The fourth-order valence-corrected chi connectivity index (χ4v) is 5.11. The highest BCUT2D eigenvalue weighted by Gasteiger charge is 2.27. The van der Waals surface area contributed by atoms with Gasteiger partial charge in [0.25, 0.3) is 5.56 Å². The Balaban J connectivity index is 1.69. The van der Waals surface area contributed by atoms with Crippen molar-refractivity contribution in [2.45, 2.75) is 45.8 Å². The highest BCUT2D eigenvalue weighted by Crippen LogP contribution is 2.35. The summed E-state index contributed by atoms with van der Waals surface area (Å²) in [6, 6.07) is 7.48. The molecular formula is C25H31N9O2. The Bertz CT molecular complexity index is 1570. The van der Waals surface area contributed by atoms with Crippen LogP contribution in [-0.2, 0) is 6.54 Å². The van der Waals surface area contributed by atoms with E-state index in [0.717, 1.165) is 38.4 Å². The van der Waals surface area contributed by atoms with Crippen LogP contribution in [0.5, 0.6) is 0 Å². The van der Waals surface area contributed by atoms with Crippen molar-refractivity contribution in [2.24, 2.45) is 16.7 Å². The minimum atomic E-state index is -0.211. The molecule has 2 unspecified atom stereocenters. The molecule has 5 rings (SSSR count). The molecule has 1 aromatic carbocycles. The zero-order chi connectivity index (χ0) is 25.7. The lowest BCUT2D eigenvalue weighted by Crippen LogP contribution is -2.31. The number of hydrogen-bond acceptors (Lipinski definition) is 8. The van der Waals surface area contributed by atoms with Crippen LogP contribution in [0.2, 0.25) is 0 Å². The number of aliphatic hydroxyl groups excluding tert-OH is 1. The van der Waals surface area contributed by atoms with Gasteiger partial charge in [0.05, 0.1) is 24.5 Å². The van der Waals surface area contributed by atoms with E-state index in [0.29, 0.717) is 29.7 Å². The van der Waals surface area contributed by atoms with Crippen molar-refractivity contribution in [3.8, 4) is 0 Å². The summed E-state index contributed by atoms with van der Waals surface area (Å²) in [7, 11) is 1.59. The Morgan fingerprint density at radius 3 is 2.83 bits per heavy atom. The van der Waals surface area contributed by atoms with Gasteiger partial charge in [-0.3, -0.25) is 9.36 Å². The topological polar surface area (TPSA) is 153 Å². The van der Waals surface area contributed by atoms with Crippen LogP contribution in [0.1, 0.15) is 47.9 Å². The number of aliphatic hydroxyl groups is 1. The molecule has 0 fully saturated rings. The zero-order valence-corrected chi connectivity index (χ0v) is 20.9. The molecule has 1 aliphatic heterocycles. The van der Waals surface area contributed by atoms with Gasteiger partial charge in [0, 0.05) is 41.5 Å². The summed E-state index contributed by atoms with van der Waals surface area (Å²) in [5.41, 5.74) is 10.8. The summed E-state index contributed by atoms with van der Waals surface area (Å²) in [4.78, 5) is 18.2. The van der Waals surface area contributed by atoms with Crippen molar-refractivity contribution >= 4 is 33.3 Å². The summed E-state index contributed by atoms with van der Waals surface area (Å²) >= 11 is 0. The third-order valence-electron chi connectivity index (χ3n) is 6.71. The number of benzene rings is 1. The first kappa shape index (κ1) is 23.8. The maximum Gasteiger partial charge on any atom is 0.260 e. The largest absolute Gasteiger partial charge is 0.394 e. The molecule has 188 valence electrons. The summed E-state index contributed by atoms with van der Waals surface area (Å²) in [6.07, 6.45) is 2.46. The highest BCUT2D eigenvalue weighted by atomic mass is 16.3. The Morgan fingerprint density at radius 2 is 2.11 bits per heavy atom. The Kier molecular flexibility index (Phi) is 5.89. The molecule has 0 aliphatic carbocycles. The van der Waals surface area contributed by atoms with E-state index in [2.05, 4.69) is 26.6 Å². The van der Waals surface area contributed by atoms with Crippen molar-refractivity contribution in [2.75, 3.05) is 19.0 Å². The summed E-state index contributed by atoms with van der Waals surface area (Å²) in [5.74, 6) is 5.86. The van der Waals surface area contributed by atoms with Gasteiger partial charge in [-0.2, -0.15) is 5.10 Å². The predicted molar refractivity (Wildman–Crippen MR) is 141 cm³/mol. The van der Waals surface area contributed by atoms with Crippen molar-refractivity contribution < 1.29 is 5.11 Å². The van der Waals surface area contributed by atoms with Gasteiger partial charge < -0.3 is 16.2 Å². The maximum absolute atomic E-state index is 13.6. The average Bonchev–Trinajstić information content (AvgIpc) is 3.28. The molecule has 1 aliphatic rings.